The van der Waals surface area contributed by atoms with Crippen LogP contribution in [-0.4, -0.2) is 41.2 Å². The molecule has 7 nitrogen and oxygen atoms in total. The fraction of sp³-hybridized carbons (Fsp3) is 0.227. The van der Waals surface area contributed by atoms with E-state index in [-0.39, 0.29) is 0 Å². The van der Waals surface area contributed by atoms with Crippen LogP contribution >= 0.6 is 0 Å². The summed E-state index contributed by atoms with van der Waals surface area (Å²) < 4.78 is 10.6. The quantitative estimate of drug-likeness (QED) is 0.725. The lowest BCUT2D eigenvalue weighted by atomic mass is 9.93. The van der Waals surface area contributed by atoms with Crippen molar-refractivity contribution in [3.63, 3.8) is 0 Å². The van der Waals surface area contributed by atoms with Gasteiger partial charge < -0.3 is 19.9 Å². The fourth-order valence-electron chi connectivity index (χ4n) is 3.12. The molecule has 0 fully saturated rings. The molecule has 2 N–H and O–H groups in total. The number of benzene rings is 2. The summed E-state index contributed by atoms with van der Waals surface area (Å²) in [5, 5.41) is 13.7. The number of esters is 2. The Bertz CT molecular complexity index is 896. The molecule has 7 heteroatoms. The van der Waals surface area contributed by atoms with Gasteiger partial charge in [-0.25, -0.2) is 4.79 Å². The van der Waals surface area contributed by atoms with E-state index in [1.165, 1.54) is 13.0 Å². The number of hydrogen-bond acceptors (Lipinski definition) is 6. The average Bonchev–Trinajstić information content (AvgIpc) is 2.73. The lowest BCUT2D eigenvalue weighted by Gasteiger charge is -2.36. The van der Waals surface area contributed by atoms with Crippen LogP contribution in [0.3, 0.4) is 0 Å². The highest BCUT2D eigenvalue weighted by Crippen LogP contribution is 2.26. The van der Waals surface area contributed by atoms with Gasteiger partial charge in [-0.3, -0.25) is 9.59 Å². The van der Waals surface area contributed by atoms with Crippen LogP contribution in [0.2, 0.25) is 0 Å². The molecule has 0 bridgehead atoms. The highest BCUT2D eigenvalue weighted by Gasteiger charge is 2.41. The Morgan fingerprint density at radius 1 is 1.07 bits per heavy atom. The average molecular weight is 395 g/mol. The van der Waals surface area contributed by atoms with Gasteiger partial charge in [0.25, 0.3) is 5.91 Å². The van der Waals surface area contributed by atoms with Crippen LogP contribution < -0.4 is 5.32 Å². The van der Waals surface area contributed by atoms with Crippen molar-refractivity contribution in [1.82, 2.24) is 5.32 Å². The van der Waals surface area contributed by atoms with E-state index in [0.717, 1.165) is 6.08 Å². The second kappa shape index (κ2) is 9.16. The maximum atomic E-state index is 12.8. The summed E-state index contributed by atoms with van der Waals surface area (Å²) in [5.74, 6) is -1.69. The van der Waals surface area contributed by atoms with Gasteiger partial charge in [0.05, 0.1) is 0 Å². The Labute approximate surface area is 167 Å². The molecule has 2 aromatic rings. The topological polar surface area (TPSA) is 102 Å². The smallest absolute Gasteiger partial charge is 0.331 e. The highest BCUT2D eigenvalue weighted by atomic mass is 16.6. The fourth-order valence-corrected chi connectivity index (χ4v) is 3.12. The third-order valence-corrected chi connectivity index (χ3v) is 4.47. The van der Waals surface area contributed by atoms with Crippen molar-refractivity contribution < 1.29 is 29.0 Å². The molecule has 2 aromatic carbocycles. The van der Waals surface area contributed by atoms with Gasteiger partial charge >= 0.3 is 11.9 Å². The van der Waals surface area contributed by atoms with Crippen LogP contribution in [0.4, 0.5) is 0 Å². The third-order valence-electron chi connectivity index (χ3n) is 4.47. The van der Waals surface area contributed by atoms with E-state index in [0.29, 0.717) is 11.1 Å². The number of aliphatic hydroxyl groups is 1. The SMILES string of the molecule is CC(=O)O[C@H]1C=CC(=O)O[C@@H]1[C@H](NC(=O)c1ccccc1)[C@H](O)c1ccccc1. The van der Waals surface area contributed by atoms with Gasteiger partial charge in [0.1, 0.15) is 12.1 Å². The molecule has 1 heterocycles. The Balaban J connectivity index is 1.94. The Kier molecular flexibility index (Phi) is 6.41. The molecule has 1 amide bonds. The van der Waals surface area contributed by atoms with Gasteiger partial charge in [0, 0.05) is 18.6 Å². The largest absolute Gasteiger partial charge is 0.454 e. The first-order valence-corrected chi connectivity index (χ1v) is 9.10. The van der Waals surface area contributed by atoms with Crippen LogP contribution in [0.1, 0.15) is 28.9 Å². The molecular weight excluding hydrogens is 374 g/mol. The second-order valence-corrected chi connectivity index (χ2v) is 6.56. The van der Waals surface area contributed by atoms with Gasteiger partial charge in [0.15, 0.2) is 12.2 Å². The van der Waals surface area contributed by atoms with Gasteiger partial charge in [0.2, 0.25) is 0 Å². The lowest BCUT2D eigenvalue weighted by Crippen LogP contribution is -2.55. The monoisotopic (exact) mass is 395 g/mol. The number of carbonyl (C=O) groups is 3. The zero-order valence-electron chi connectivity index (χ0n) is 15.7. The van der Waals surface area contributed by atoms with Crippen LogP contribution in [0.15, 0.2) is 72.8 Å². The van der Waals surface area contributed by atoms with Crippen LogP contribution in [0.25, 0.3) is 0 Å². The molecule has 29 heavy (non-hydrogen) atoms. The number of aliphatic hydroxyl groups excluding tert-OH is 1. The van der Waals surface area contributed by atoms with E-state index in [4.69, 9.17) is 9.47 Å². The van der Waals surface area contributed by atoms with E-state index in [1.807, 2.05) is 0 Å². The van der Waals surface area contributed by atoms with Gasteiger partial charge in [-0.15, -0.1) is 0 Å². The first kappa shape index (κ1) is 20.3. The lowest BCUT2D eigenvalue weighted by molar-refractivity contribution is -0.166. The number of ether oxygens (including phenoxy) is 2. The third kappa shape index (κ3) is 5.08. The zero-order valence-corrected chi connectivity index (χ0v) is 15.7. The summed E-state index contributed by atoms with van der Waals surface area (Å²) in [6.07, 6.45) is -0.748. The van der Waals surface area contributed by atoms with Crippen molar-refractivity contribution in [2.45, 2.75) is 31.3 Å². The predicted molar refractivity (Wildman–Crippen MR) is 104 cm³/mol. The molecule has 1 aliphatic heterocycles. The van der Waals surface area contributed by atoms with E-state index >= 15 is 0 Å². The van der Waals surface area contributed by atoms with E-state index in [2.05, 4.69) is 5.32 Å². The van der Waals surface area contributed by atoms with Gasteiger partial charge in [-0.1, -0.05) is 48.5 Å². The number of hydrogen-bond donors (Lipinski definition) is 2. The van der Waals surface area contributed by atoms with Crippen molar-refractivity contribution >= 4 is 17.8 Å². The number of nitrogens with one attached hydrogen (secondary N) is 1. The Morgan fingerprint density at radius 2 is 1.69 bits per heavy atom. The van der Waals surface area contributed by atoms with Crippen molar-refractivity contribution in [2.24, 2.45) is 0 Å². The molecule has 1 aliphatic rings. The summed E-state index contributed by atoms with van der Waals surface area (Å²) in [5.41, 5.74) is 0.887. The standard InChI is InChI=1S/C22H21NO6/c1-14(24)28-17-12-13-18(25)29-21(17)19(20(26)15-8-4-2-5-9-15)23-22(27)16-10-6-3-7-11-16/h2-13,17,19-21,26H,1H3,(H,23,27)/t17-,19+,20+,21-/m0/s1. The molecule has 0 spiro atoms. The summed E-state index contributed by atoms with van der Waals surface area (Å²) in [6.45, 7) is 1.23. The first-order valence-electron chi connectivity index (χ1n) is 9.10. The molecule has 0 saturated carbocycles. The molecule has 0 radical (unpaired) electrons. The molecule has 4 atom stereocenters. The Hall–Kier alpha value is -3.45. The number of cyclic esters (lactones) is 1. The minimum atomic E-state index is -1.22. The van der Waals surface area contributed by atoms with Crippen LogP contribution in [-0.2, 0) is 19.1 Å². The number of amides is 1. The minimum absolute atomic E-state index is 0.375. The van der Waals surface area contributed by atoms with Crippen molar-refractivity contribution in [3.8, 4) is 0 Å². The molecular formula is C22H21NO6. The molecule has 0 aromatic heterocycles. The molecule has 0 saturated heterocycles. The normalized spacial score (nSPS) is 20.3. The minimum Gasteiger partial charge on any atom is -0.454 e. The summed E-state index contributed by atoms with van der Waals surface area (Å²) in [6, 6.07) is 16.0. The van der Waals surface area contributed by atoms with Crippen molar-refractivity contribution in [2.75, 3.05) is 0 Å². The molecule has 0 unspecified atom stereocenters. The predicted octanol–water partition coefficient (Wildman–Crippen LogP) is 1.93. The molecule has 0 aliphatic carbocycles. The summed E-state index contributed by atoms with van der Waals surface area (Å²) in [7, 11) is 0. The zero-order chi connectivity index (χ0) is 20.8. The maximum absolute atomic E-state index is 12.8. The van der Waals surface area contributed by atoms with E-state index in [1.54, 1.807) is 60.7 Å². The number of carbonyl (C=O) groups excluding carboxylic acids is 3. The number of rotatable bonds is 6. The van der Waals surface area contributed by atoms with Crippen molar-refractivity contribution in [1.29, 1.82) is 0 Å². The first-order chi connectivity index (χ1) is 14.0. The molecule has 150 valence electrons. The molecule has 3 rings (SSSR count). The summed E-state index contributed by atoms with van der Waals surface area (Å²) in [4.78, 5) is 36.1. The van der Waals surface area contributed by atoms with Crippen LogP contribution in [0.5, 0.6) is 0 Å². The van der Waals surface area contributed by atoms with Crippen LogP contribution in [0, 0.1) is 0 Å². The second-order valence-electron chi connectivity index (χ2n) is 6.56. The van der Waals surface area contributed by atoms with E-state index < -0.39 is 42.2 Å². The van der Waals surface area contributed by atoms with Gasteiger partial charge in [-0.05, 0) is 23.8 Å². The summed E-state index contributed by atoms with van der Waals surface area (Å²) >= 11 is 0. The highest BCUT2D eigenvalue weighted by molar-refractivity contribution is 5.94. The van der Waals surface area contributed by atoms with E-state index in [9.17, 15) is 19.5 Å². The van der Waals surface area contributed by atoms with Crippen molar-refractivity contribution in [3.05, 3.63) is 83.9 Å². The maximum Gasteiger partial charge on any atom is 0.331 e. The van der Waals surface area contributed by atoms with Gasteiger partial charge in [-0.2, -0.15) is 0 Å². The Morgan fingerprint density at radius 3 is 2.31 bits per heavy atom.